The number of thioether (sulfide) groups is 1. The lowest BCUT2D eigenvalue weighted by molar-refractivity contribution is 0.870. The van der Waals surface area contributed by atoms with Crippen LogP contribution in [-0.4, -0.2) is 15.0 Å². The molecule has 1 aromatic heterocycles. The molecule has 0 radical (unpaired) electrons. The van der Waals surface area contributed by atoms with Crippen LogP contribution in [0.15, 0.2) is 29.4 Å². The summed E-state index contributed by atoms with van der Waals surface area (Å²) in [6, 6.07) is 7.69. The van der Waals surface area contributed by atoms with Gasteiger partial charge in [-0.1, -0.05) is 35.5 Å². The van der Waals surface area contributed by atoms with E-state index in [2.05, 4.69) is 15.0 Å². The second-order valence-electron chi connectivity index (χ2n) is 3.44. The highest BCUT2D eigenvalue weighted by atomic mass is 35.5. The summed E-state index contributed by atoms with van der Waals surface area (Å²) in [7, 11) is 0. The van der Waals surface area contributed by atoms with Crippen molar-refractivity contribution < 1.29 is 0 Å². The average Bonchev–Trinajstić information content (AvgIpc) is 2.27. The van der Waals surface area contributed by atoms with E-state index in [4.69, 9.17) is 17.3 Å². The smallest absolute Gasteiger partial charge is 0.224 e. The standard InChI is InChI=1S/C11H11ClN4S/c1-7-14-10(13)16-11(15-7)17-6-8-2-4-9(12)5-3-8/h2-5H,6H2,1H3,(H2,13,14,15,16). The normalized spacial score (nSPS) is 10.5. The lowest BCUT2D eigenvalue weighted by Gasteiger charge is -2.02. The summed E-state index contributed by atoms with van der Waals surface area (Å²) in [4.78, 5) is 12.2. The zero-order valence-electron chi connectivity index (χ0n) is 9.22. The molecule has 88 valence electrons. The first-order chi connectivity index (χ1) is 8.13. The molecule has 0 aliphatic heterocycles. The zero-order chi connectivity index (χ0) is 12.3. The van der Waals surface area contributed by atoms with Crippen molar-refractivity contribution >= 4 is 29.3 Å². The molecular formula is C11H11ClN4S. The third kappa shape index (κ3) is 3.57. The maximum absolute atomic E-state index is 5.81. The molecule has 0 atom stereocenters. The van der Waals surface area contributed by atoms with Crippen molar-refractivity contribution in [2.24, 2.45) is 0 Å². The summed E-state index contributed by atoms with van der Waals surface area (Å²) in [5.74, 6) is 1.67. The highest BCUT2D eigenvalue weighted by Crippen LogP contribution is 2.20. The fourth-order valence-electron chi connectivity index (χ4n) is 1.27. The Bertz CT molecular complexity index is 495. The molecule has 17 heavy (non-hydrogen) atoms. The van der Waals surface area contributed by atoms with Crippen molar-refractivity contribution in [3.05, 3.63) is 40.7 Å². The first kappa shape index (κ1) is 12.1. The van der Waals surface area contributed by atoms with E-state index in [0.29, 0.717) is 11.0 Å². The van der Waals surface area contributed by atoms with Gasteiger partial charge in [0.1, 0.15) is 5.82 Å². The van der Waals surface area contributed by atoms with Crippen molar-refractivity contribution in [2.75, 3.05) is 5.73 Å². The Balaban J connectivity index is 2.04. The fourth-order valence-corrected chi connectivity index (χ4v) is 2.24. The summed E-state index contributed by atoms with van der Waals surface area (Å²) in [5, 5.41) is 1.38. The molecular weight excluding hydrogens is 256 g/mol. The van der Waals surface area contributed by atoms with E-state index < -0.39 is 0 Å². The predicted molar refractivity (Wildman–Crippen MR) is 70.0 cm³/mol. The zero-order valence-corrected chi connectivity index (χ0v) is 10.8. The third-order valence-corrected chi connectivity index (χ3v) is 3.20. The van der Waals surface area contributed by atoms with Gasteiger partial charge in [0, 0.05) is 10.8 Å². The number of aromatic nitrogens is 3. The first-order valence-corrected chi connectivity index (χ1v) is 6.35. The minimum atomic E-state index is 0.260. The van der Waals surface area contributed by atoms with Gasteiger partial charge >= 0.3 is 0 Å². The Morgan fingerprint density at radius 3 is 2.53 bits per heavy atom. The fraction of sp³-hybridized carbons (Fsp3) is 0.182. The van der Waals surface area contributed by atoms with E-state index in [9.17, 15) is 0 Å². The van der Waals surface area contributed by atoms with Gasteiger partial charge in [0.05, 0.1) is 0 Å². The van der Waals surface area contributed by atoms with Gasteiger partial charge in [-0.3, -0.25) is 0 Å². The Morgan fingerprint density at radius 2 is 1.88 bits per heavy atom. The van der Waals surface area contributed by atoms with Crippen molar-refractivity contribution in [1.82, 2.24) is 15.0 Å². The molecule has 0 amide bonds. The monoisotopic (exact) mass is 266 g/mol. The third-order valence-electron chi connectivity index (χ3n) is 2.03. The number of rotatable bonds is 3. The summed E-state index contributed by atoms with van der Waals surface area (Å²) in [6.07, 6.45) is 0. The molecule has 0 unspecified atom stereocenters. The van der Waals surface area contributed by atoms with Gasteiger partial charge in [-0.15, -0.1) is 0 Å². The minimum absolute atomic E-state index is 0.260. The molecule has 6 heteroatoms. The number of nitrogens with two attached hydrogens (primary N) is 1. The van der Waals surface area contributed by atoms with E-state index in [1.165, 1.54) is 11.8 Å². The molecule has 2 N–H and O–H groups in total. The number of halogens is 1. The molecule has 0 spiro atoms. The summed E-state index contributed by atoms with van der Waals surface area (Å²) in [5.41, 5.74) is 6.72. The van der Waals surface area contributed by atoms with Crippen molar-refractivity contribution in [1.29, 1.82) is 0 Å². The van der Waals surface area contributed by atoms with Gasteiger partial charge in [-0.2, -0.15) is 9.97 Å². The van der Waals surface area contributed by atoms with Crippen molar-refractivity contribution in [3.8, 4) is 0 Å². The number of hydrogen-bond acceptors (Lipinski definition) is 5. The Morgan fingerprint density at radius 1 is 1.18 bits per heavy atom. The van der Waals surface area contributed by atoms with Gasteiger partial charge in [-0.05, 0) is 24.6 Å². The van der Waals surface area contributed by atoms with Gasteiger partial charge in [0.2, 0.25) is 5.95 Å². The Hall–Kier alpha value is -1.33. The molecule has 2 rings (SSSR count). The van der Waals surface area contributed by atoms with Gasteiger partial charge in [0.25, 0.3) is 0 Å². The van der Waals surface area contributed by atoms with Crippen LogP contribution in [0.5, 0.6) is 0 Å². The largest absolute Gasteiger partial charge is 0.368 e. The lowest BCUT2D eigenvalue weighted by atomic mass is 10.2. The molecule has 0 saturated carbocycles. The van der Waals surface area contributed by atoms with E-state index in [-0.39, 0.29) is 5.95 Å². The van der Waals surface area contributed by atoms with Crippen LogP contribution in [0.1, 0.15) is 11.4 Å². The van der Waals surface area contributed by atoms with Crippen LogP contribution >= 0.6 is 23.4 Å². The molecule has 0 fully saturated rings. The van der Waals surface area contributed by atoms with Crippen molar-refractivity contribution in [3.63, 3.8) is 0 Å². The first-order valence-electron chi connectivity index (χ1n) is 4.99. The van der Waals surface area contributed by atoms with Crippen molar-refractivity contribution in [2.45, 2.75) is 17.8 Å². The maximum Gasteiger partial charge on any atom is 0.224 e. The van der Waals surface area contributed by atoms with Crippen LogP contribution in [0.4, 0.5) is 5.95 Å². The van der Waals surface area contributed by atoms with E-state index in [1.807, 2.05) is 24.3 Å². The van der Waals surface area contributed by atoms with Crippen LogP contribution in [0.25, 0.3) is 0 Å². The average molecular weight is 267 g/mol. The second-order valence-corrected chi connectivity index (χ2v) is 4.82. The second kappa shape index (κ2) is 5.33. The van der Waals surface area contributed by atoms with E-state index >= 15 is 0 Å². The van der Waals surface area contributed by atoms with Gasteiger partial charge in [0.15, 0.2) is 5.16 Å². The summed E-state index contributed by atoms with van der Waals surface area (Å²) >= 11 is 7.34. The van der Waals surface area contributed by atoms with E-state index in [0.717, 1.165) is 16.3 Å². The number of anilines is 1. The molecule has 0 bridgehead atoms. The van der Waals surface area contributed by atoms with Crippen LogP contribution in [0, 0.1) is 6.92 Å². The molecule has 4 nitrogen and oxygen atoms in total. The topological polar surface area (TPSA) is 64.7 Å². The van der Waals surface area contributed by atoms with E-state index in [1.54, 1.807) is 6.92 Å². The van der Waals surface area contributed by atoms with Crippen LogP contribution in [0.3, 0.4) is 0 Å². The number of nitrogens with zero attached hydrogens (tertiary/aromatic N) is 3. The highest BCUT2D eigenvalue weighted by molar-refractivity contribution is 7.98. The van der Waals surface area contributed by atoms with Gasteiger partial charge in [-0.25, -0.2) is 4.98 Å². The van der Waals surface area contributed by atoms with Crippen LogP contribution in [0.2, 0.25) is 5.02 Å². The summed E-state index contributed by atoms with van der Waals surface area (Å²) < 4.78 is 0. The predicted octanol–water partition coefficient (Wildman–Crippen LogP) is 2.71. The summed E-state index contributed by atoms with van der Waals surface area (Å²) in [6.45, 7) is 1.80. The van der Waals surface area contributed by atoms with Crippen LogP contribution in [-0.2, 0) is 5.75 Å². The molecule has 0 saturated heterocycles. The molecule has 2 aromatic rings. The number of hydrogen-bond donors (Lipinski definition) is 1. The van der Waals surface area contributed by atoms with Crippen LogP contribution < -0.4 is 5.73 Å². The molecule has 0 aliphatic rings. The SMILES string of the molecule is Cc1nc(N)nc(SCc2ccc(Cl)cc2)n1. The van der Waals surface area contributed by atoms with Gasteiger partial charge < -0.3 is 5.73 Å². The molecule has 0 aliphatic carbocycles. The quantitative estimate of drug-likeness (QED) is 0.866. The number of benzene rings is 1. The Labute approximate surface area is 109 Å². The molecule has 1 heterocycles. The number of aryl methyl sites for hydroxylation is 1. The Kier molecular flexibility index (Phi) is 3.81. The number of nitrogen functional groups attached to an aromatic ring is 1. The lowest BCUT2D eigenvalue weighted by Crippen LogP contribution is -2.01. The highest BCUT2D eigenvalue weighted by Gasteiger charge is 2.02. The molecule has 1 aromatic carbocycles. The maximum atomic E-state index is 5.81. The minimum Gasteiger partial charge on any atom is -0.368 e.